The molecular weight excluding hydrogens is 344 g/mol. The van der Waals surface area contributed by atoms with Crippen molar-refractivity contribution in [2.24, 2.45) is 5.92 Å². The van der Waals surface area contributed by atoms with Gasteiger partial charge in [0.15, 0.2) is 9.84 Å². The summed E-state index contributed by atoms with van der Waals surface area (Å²) in [5.74, 6) is -0.798. The molecule has 1 aliphatic carbocycles. The maximum absolute atomic E-state index is 12.3. The first-order valence-electron chi connectivity index (χ1n) is 8.26. The van der Waals surface area contributed by atoms with Gasteiger partial charge in [-0.2, -0.15) is 0 Å². The number of nitrogens with one attached hydrogen (secondary N) is 2. The number of carbonyl (C=O) groups excluding carboxylic acids is 2. The molecule has 3 unspecified atom stereocenters. The molecule has 0 radical (unpaired) electrons. The lowest BCUT2D eigenvalue weighted by atomic mass is 10.1. The van der Waals surface area contributed by atoms with Crippen molar-refractivity contribution in [3.05, 3.63) is 23.8 Å². The summed E-state index contributed by atoms with van der Waals surface area (Å²) in [6.45, 7) is 5.37. The fourth-order valence-electron chi connectivity index (χ4n) is 2.68. The zero-order valence-electron chi connectivity index (χ0n) is 15.0. The summed E-state index contributed by atoms with van der Waals surface area (Å²) >= 11 is 0. The molecule has 2 fully saturated rings. The second kappa shape index (κ2) is 6.82. The molecule has 1 saturated heterocycles. The van der Waals surface area contributed by atoms with Gasteiger partial charge in [0.1, 0.15) is 5.60 Å². The van der Waals surface area contributed by atoms with E-state index in [9.17, 15) is 18.0 Å². The summed E-state index contributed by atoms with van der Waals surface area (Å²) in [7, 11) is -3.30. The number of ether oxygens (including phenoxy) is 1. The molecule has 0 aromatic rings. The Labute approximate surface area is 148 Å². The molecular formula is C17H26N2O5S. The van der Waals surface area contributed by atoms with Gasteiger partial charge in [-0.15, -0.1) is 0 Å². The molecule has 2 N–H and O–H groups in total. The van der Waals surface area contributed by atoms with Crippen LogP contribution >= 0.6 is 0 Å². The molecule has 8 heteroatoms. The summed E-state index contributed by atoms with van der Waals surface area (Å²) in [4.78, 5) is 23.5. The number of esters is 1. The van der Waals surface area contributed by atoms with Crippen LogP contribution in [-0.4, -0.2) is 43.7 Å². The van der Waals surface area contributed by atoms with Gasteiger partial charge < -0.3 is 15.4 Å². The van der Waals surface area contributed by atoms with E-state index in [1.807, 2.05) is 6.08 Å². The summed E-state index contributed by atoms with van der Waals surface area (Å²) in [6.07, 6.45) is 7.77. The van der Waals surface area contributed by atoms with Gasteiger partial charge >= 0.3 is 5.97 Å². The molecule has 0 aromatic carbocycles. The van der Waals surface area contributed by atoms with Crippen molar-refractivity contribution in [2.45, 2.75) is 57.2 Å². The Kier molecular flexibility index (Phi) is 5.32. The number of rotatable bonds is 6. The van der Waals surface area contributed by atoms with Crippen LogP contribution in [0.5, 0.6) is 0 Å². The van der Waals surface area contributed by atoms with Crippen molar-refractivity contribution in [3.63, 3.8) is 0 Å². The van der Waals surface area contributed by atoms with Gasteiger partial charge in [0.05, 0.1) is 11.5 Å². The summed E-state index contributed by atoms with van der Waals surface area (Å²) in [6, 6.07) is -0.0466. The van der Waals surface area contributed by atoms with Gasteiger partial charge in [0.25, 0.3) is 0 Å². The zero-order valence-corrected chi connectivity index (χ0v) is 15.9. The molecule has 1 heterocycles. The lowest BCUT2D eigenvalue weighted by Gasteiger charge is -2.21. The van der Waals surface area contributed by atoms with Gasteiger partial charge in [-0.1, -0.05) is 0 Å². The summed E-state index contributed by atoms with van der Waals surface area (Å²) in [5, 5.41) is 7.03. The van der Waals surface area contributed by atoms with E-state index in [1.165, 1.54) is 6.08 Å². The van der Waals surface area contributed by atoms with Crippen molar-refractivity contribution in [1.29, 1.82) is 0 Å². The predicted octanol–water partition coefficient (Wildman–Crippen LogP) is 1.03. The molecule has 0 bridgehead atoms. The largest absolute Gasteiger partial charge is 0.460 e. The highest BCUT2D eigenvalue weighted by Gasteiger charge is 2.58. The van der Waals surface area contributed by atoms with Crippen LogP contribution in [0.2, 0.25) is 0 Å². The molecule has 140 valence electrons. The van der Waals surface area contributed by atoms with Crippen LogP contribution in [0.25, 0.3) is 0 Å². The highest BCUT2D eigenvalue weighted by molar-refractivity contribution is 7.93. The van der Waals surface area contributed by atoms with E-state index in [0.29, 0.717) is 12.8 Å². The van der Waals surface area contributed by atoms with E-state index in [4.69, 9.17) is 4.74 Å². The van der Waals surface area contributed by atoms with Crippen LogP contribution in [0.4, 0.5) is 0 Å². The Bertz CT molecular complexity index is 705. The molecule has 2 aliphatic rings. The number of carbonyl (C=O) groups is 2. The molecule has 1 amide bonds. The van der Waals surface area contributed by atoms with Crippen LogP contribution < -0.4 is 10.6 Å². The number of hydrogen-bond acceptors (Lipinski definition) is 6. The van der Waals surface area contributed by atoms with E-state index in [1.54, 1.807) is 27.0 Å². The number of amides is 1. The Hall–Kier alpha value is -1.83. The third kappa shape index (κ3) is 5.88. The Morgan fingerprint density at radius 2 is 2.08 bits per heavy atom. The van der Waals surface area contributed by atoms with Crippen molar-refractivity contribution >= 4 is 21.7 Å². The first-order chi connectivity index (χ1) is 11.4. The number of hydrogen-bond donors (Lipinski definition) is 2. The molecule has 0 aromatic heterocycles. The van der Waals surface area contributed by atoms with E-state index in [0.717, 1.165) is 18.1 Å². The van der Waals surface area contributed by atoms with Crippen LogP contribution in [0.3, 0.4) is 0 Å². The lowest BCUT2D eigenvalue weighted by molar-refractivity contribution is -0.156. The average molecular weight is 370 g/mol. The lowest BCUT2D eigenvalue weighted by Crippen LogP contribution is -2.33. The second-order valence-electron chi connectivity index (χ2n) is 7.68. The summed E-state index contributed by atoms with van der Waals surface area (Å²) < 4.78 is 28.3. The fraction of sp³-hybridized carbons (Fsp3) is 0.647. The molecule has 7 nitrogen and oxygen atoms in total. The normalized spacial score (nSPS) is 29.8. The van der Waals surface area contributed by atoms with E-state index >= 15 is 0 Å². The minimum absolute atomic E-state index is 0.0133. The Balaban J connectivity index is 2.07. The van der Waals surface area contributed by atoms with Crippen LogP contribution in [0, 0.1) is 5.92 Å². The van der Waals surface area contributed by atoms with Crippen molar-refractivity contribution in [3.8, 4) is 0 Å². The van der Waals surface area contributed by atoms with Crippen LogP contribution in [-0.2, 0) is 24.2 Å². The fourth-order valence-corrected chi connectivity index (χ4v) is 3.17. The van der Waals surface area contributed by atoms with Crippen LogP contribution in [0.15, 0.2) is 23.8 Å². The molecule has 1 aliphatic heterocycles. The third-order valence-corrected chi connectivity index (χ3v) is 4.65. The third-order valence-electron chi connectivity index (χ3n) is 4.02. The highest BCUT2D eigenvalue weighted by atomic mass is 32.2. The minimum Gasteiger partial charge on any atom is -0.460 e. The van der Waals surface area contributed by atoms with Crippen molar-refractivity contribution in [1.82, 2.24) is 10.6 Å². The maximum atomic E-state index is 12.3. The van der Waals surface area contributed by atoms with Gasteiger partial charge in [0, 0.05) is 24.1 Å². The second-order valence-corrected chi connectivity index (χ2v) is 9.61. The molecule has 25 heavy (non-hydrogen) atoms. The van der Waals surface area contributed by atoms with E-state index in [-0.39, 0.29) is 17.9 Å². The molecule has 1 saturated carbocycles. The SMILES string of the molecule is CC(C)(C)OC(=O)C1CC1(/C=C/S(C)(=O)=O)N/C=C\C1CCC(=O)N1. The van der Waals surface area contributed by atoms with Crippen molar-refractivity contribution < 1.29 is 22.7 Å². The smallest absolute Gasteiger partial charge is 0.312 e. The van der Waals surface area contributed by atoms with Gasteiger partial charge in [0.2, 0.25) is 5.91 Å². The topological polar surface area (TPSA) is 102 Å². The zero-order chi connectivity index (χ0) is 18.9. The monoisotopic (exact) mass is 370 g/mol. The number of sulfone groups is 1. The van der Waals surface area contributed by atoms with Crippen LogP contribution in [0.1, 0.15) is 40.0 Å². The quantitative estimate of drug-likeness (QED) is 0.677. The molecule has 3 atom stereocenters. The summed E-state index contributed by atoms with van der Waals surface area (Å²) in [5.41, 5.74) is -1.37. The average Bonchev–Trinajstić information content (AvgIpc) is 3.01. The van der Waals surface area contributed by atoms with Gasteiger partial charge in [-0.25, -0.2) is 8.42 Å². The van der Waals surface area contributed by atoms with Crippen molar-refractivity contribution in [2.75, 3.05) is 6.26 Å². The molecule has 2 rings (SSSR count). The van der Waals surface area contributed by atoms with E-state index < -0.39 is 26.9 Å². The Morgan fingerprint density at radius 1 is 1.40 bits per heavy atom. The first-order valence-corrected chi connectivity index (χ1v) is 10.2. The standard InChI is InChI=1S/C17H26N2O5S/c1-16(2,3)24-15(21)13-11-17(13,8-10-25(4,22)23)18-9-7-12-5-6-14(20)19-12/h7-10,12-13,18H,5-6,11H2,1-4H3,(H,19,20)/b9-7-,10-8+. The minimum atomic E-state index is -3.30. The Morgan fingerprint density at radius 3 is 2.60 bits per heavy atom. The van der Waals surface area contributed by atoms with Gasteiger partial charge in [-0.05, 0) is 52.0 Å². The highest BCUT2D eigenvalue weighted by Crippen LogP contribution is 2.46. The first kappa shape index (κ1) is 19.5. The predicted molar refractivity (Wildman–Crippen MR) is 94.1 cm³/mol. The molecule has 0 spiro atoms. The van der Waals surface area contributed by atoms with Gasteiger partial charge in [-0.3, -0.25) is 9.59 Å². The maximum Gasteiger partial charge on any atom is 0.312 e. The van der Waals surface area contributed by atoms with E-state index in [2.05, 4.69) is 10.6 Å².